The molecule has 0 bridgehead atoms. The number of halogens is 2. The fourth-order valence-electron chi connectivity index (χ4n) is 4.28. The highest BCUT2D eigenvalue weighted by atomic mass is 19.1. The maximum Gasteiger partial charge on any atom is 0.409 e. The SMILES string of the molecule is CNC(=O)c1cc(F)c(-c2nc3cc(C)ccn3c2CC2CN(C(=O)OC)CCC2=O)c(F)c1. The van der Waals surface area contributed by atoms with Crippen molar-refractivity contribution in [2.45, 2.75) is 19.8 Å². The molecule has 0 saturated carbocycles. The molecule has 1 unspecified atom stereocenters. The third-order valence-corrected chi connectivity index (χ3v) is 6.05. The third-order valence-electron chi connectivity index (χ3n) is 6.05. The van der Waals surface area contributed by atoms with Crippen LogP contribution in [0.5, 0.6) is 0 Å². The summed E-state index contributed by atoms with van der Waals surface area (Å²) >= 11 is 0. The van der Waals surface area contributed by atoms with Crippen LogP contribution in [0.4, 0.5) is 13.6 Å². The van der Waals surface area contributed by atoms with E-state index in [1.54, 1.807) is 16.7 Å². The van der Waals surface area contributed by atoms with Crippen LogP contribution in [0.2, 0.25) is 0 Å². The molecular formula is C24H24F2N4O4. The van der Waals surface area contributed by atoms with Gasteiger partial charge in [-0.15, -0.1) is 0 Å². The number of aromatic nitrogens is 2. The number of amides is 2. The molecule has 1 aromatic carbocycles. The topological polar surface area (TPSA) is 93.0 Å². The van der Waals surface area contributed by atoms with Crippen molar-refractivity contribution in [3.05, 3.63) is 58.9 Å². The highest BCUT2D eigenvalue weighted by Crippen LogP contribution is 2.33. The number of pyridine rings is 1. The lowest BCUT2D eigenvalue weighted by molar-refractivity contribution is -0.125. The van der Waals surface area contributed by atoms with Crippen LogP contribution >= 0.6 is 0 Å². The van der Waals surface area contributed by atoms with E-state index < -0.39 is 29.6 Å². The number of rotatable bonds is 4. The first-order chi connectivity index (χ1) is 16.2. The molecule has 2 aromatic heterocycles. The monoisotopic (exact) mass is 470 g/mol. The normalized spacial score (nSPS) is 16.1. The summed E-state index contributed by atoms with van der Waals surface area (Å²) in [7, 11) is 2.64. The van der Waals surface area contributed by atoms with E-state index in [0.29, 0.717) is 11.3 Å². The Labute approximate surface area is 194 Å². The van der Waals surface area contributed by atoms with Crippen molar-refractivity contribution in [3.63, 3.8) is 0 Å². The van der Waals surface area contributed by atoms with Crippen molar-refractivity contribution >= 4 is 23.4 Å². The number of methoxy groups -OCH3 is 1. The Morgan fingerprint density at radius 2 is 1.94 bits per heavy atom. The quantitative estimate of drug-likeness (QED) is 0.633. The molecule has 3 heterocycles. The number of hydrogen-bond donors (Lipinski definition) is 1. The van der Waals surface area contributed by atoms with E-state index in [9.17, 15) is 14.4 Å². The number of piperidine rings is 1. The Bertz CT molecular complexity index is 1280. The standard InChI is InChI=1S/C24H24F2N4O4/c1-13-4-7-30-18(11-15-12-29(24(33)34-3)6-5-19(15)31)22(28-20(30)8-13)21-16(25)9-14(10-17(21)26)23(32)27-2/h4,7-10,15H,5-6,11-12H2,1-3H3,(H,27,32). The number of aryl methyl sites for hydroxylation is 1. The minimum atomic E-state index is -0.939. The second-order valence-corrected chi connectivity index (χ2v) is 8.27. The molecule has 1 saturated heterocycles. The summed E-state index contributed by atoms with van der Waals surface area (Å²) in [5, 5.41) is 2.34. The number of Topliss-reactive ketones (excluding diaryl/α,β-unsaturated/α-hetero) is 1. The molecule has 1 N–H and O–H groups in total. The molecule has 1 aliphatic rings. The van der Waals surface area contributed by atoms with Gasteiger partial charge in [0.25, 0.3) is 5.91 Å². The van der Waals surface area contributed by atoms with Crippen LogP contribution in [0.25, 0.3) is 16.9 Å². The Morgan fingerprint density at radius 1 is 1.24 bits per heavy atom. The van der Waals surface area contributed by atoms with Crippen LogP contribution in [-0.4, -0.2) is 59.3 Å². The summed E-state index contributed by atoms with van der Waals surface area (Å²) in [5.41, 5.74) is 1.32. The Morgan fingerprint density at radius 3 is 2.59 bits per heavy atom. The number of carbonyl (C=O) groups is 3. The fourth-order valence-corrected chi connectivity index (χ4v) is 4.28. The summed E-state index contributed by atoms with van der Waals surface area (Å²) in [6, 6.07) is 5.51. The third kappa shape index (κ3) is 4.23. The Hall–Kier alpha value is -3.82. The molecule has 34 heavy (non-hydrogen) atoms. The van der Waals surface area contributed by atoms with Gasteiger partial charge in [0.2, 0.25) is 0 Å². The highest BCUT2D eigenvalue weighted by molar-refractivity contribution is 5.94. The maximum atomic E-state index is 15.1. The van der Waals surface area contributed by atoms with Gasteiger partial charge in [0.05, 0.1) is 24.1 Å². The number of nitrogens with zero attached hydrogens (tertiary/aromatic N) is 3. The molecule has 1 atom stereocenters. The van der Waals surface area contributed by atoms with Crippen LogP contribution in [-0.2, 0) is 16.0 Å². The Balaban J connectivity index is 1.83. The van der Waals surface area contributed by atoms with Gasteiger partial charge in [-0.25, -0.2) is 18.6 Å². The van der Waals surface area contributed by atoms with Crippen molar-refractivity contribution in [1.82, 2.24) is 19.6 Å². The van der Waals surface area contributed by atoms with E-state index in [1.165, 1.54) is 19.1 Å². The van der Waals surface area contributed by atoms with Gasteiger partial charge in [0, 0.05) is 50.7 Å². The largest absolute Gasteiger partial charge is 0.453 e. The molecule has 0 spiro atoms. The zero-order valence-electron chi connectivity index (χ0n) is 19.0. The summed E-state index contributed by atoms with van der Waals surface area (Å²) in [5.74, 6) is -3.14. The van der Waals surface area contributed by atoms with Gasteiger partial charge < -0.3 is 19.4 Å². The summed E-state index contributed by atoms with van der Waals surface area (Å²) in [6.07, 6.45) is 1.47. The molecule has 1 aliphatic heterocycles. The number of hydrogen-bond acceptors (Lipinski definition) is 5. The van der Waals surface area contributed by atoms with Gasteiger partial charge in [-0.05, 0) is 36.8 Å². The number of likely N-dealkylation sites (tertiary alicyclic amines) is 1. The second kappa shape index (κ2) is 9.20. The van der Waals surface area contributed by atoms with Crippen LogP contribution < -0.4 is 5.32 Å². The van der Waals surface area contributed by atoms with Gasteiger partial charge >= 0.3 is 6.09 Å². The van der Waals surface area contributed by atoms with Gasteiger partial charge in [0.15, 0.2) is 0 Å². The van der Waals surface area contributed by atoms with E-state index in [0.717, 1.165) is 17.7 Å². The number of imidazole rings is 1. The van der Waals surface area contributed by atoms with Crippen molar-refractivity contribution in [2.24, 2.45) is 5.92 Å². The van der Waals surface area contributed by atoms with Gasteiger partial charge in [-0.2, -0.15) is 0 Å². The van der Waals surface area contributed by atoms with Crippen LogP contribution in [0.3, 0.4) is 0 Å². The van der Waals surface area contributed by atoms with Crippen molar-refractivity contribution in [3.8, 4) is 11.3 Å². The molecular weight excluding hydrogens is 446 g/mol. The fraction of sp³-hybridized carbons (Fsp3) is 0.333. The van der Waals surface area contributed by atoms with E-state index >= 15 is 8.78 Å². The number of benzene rings is 1. The summed E-state index contributed by atoms with van der Waals surface area (Å²) in [4.78, 5) is 42.5. The zero-order chi connectivity index (χ0) is 24.6. The van der Waals surface area contributed by atoms with Gasteiger partial charge in [-0.3, -0.25) is 9.59 Å². The second-order valence-electron chi connectivity index (χ2n) is 8.27. The van der Waals surface area contributed by atoms with Gasteiger partial charge in [0.1, 0.15) is 23.1 Å². The van der Waals surface area contributed by atoms with Crippen molar-refractivity contribution in [1.29, 1.82) is 0 Å². The molecule has 4 rings (SSSR count). The van der Waals surface area contributed by atoms with E-state index in [2.05, 4.69) is 10.3 Å². The first-order valence-corrected chi connectivity index (χ1v) is 10.8. The number of fused-ring (bicyclic) bond motifs is 1. The highest BCUT2D eigenvalue weighted by Gasteiger charge is 2.33. The summed E-state index contributed by atoms with van der Waals surface area (Å²) < 4.78 is 36.8. The number of carbonyl (C=O) groups excluding carboxylic acids is 3. The zero-order valence-corrected chi connectivity index (χ0v) is 19.0. The molecule has 2 amide bonds. The lowest BCUT2D eigenvalue weighted by atomic mass is 9.90. The van der Waals surface area contributed by atoms with E-state index in [-0.39, 0.29) is 48.5 Å². The molecule has 10 heteroatoms. The van der Waals surface area contributed by atoms with E-state index in [4.69, 9.17) is 4.74 Å². The lowest BCUT2D eigenvalue weighted by Crippen LogP contribution is -2.44. The smallest absolute Gasteiger partial charge is 0.409 e. The predicted octanol–water partition coefficient (Wildman–Crippen LogP) is 3.15. The van der Waals surface area contributed by atoms with Crippen LogP contribution in [0.1, 0.15) is 28.0 Å². The van der Waals surface area contributed by atoms with E-state index in [1.807, 2.05) is 13.0 Å². The lowest BCUT2D eigenvalue weighted by Gasteiger charge is -2.30. The molecule has 0 aliphatic carbocycles. The summed E-state index contributed by atoms with van der Waals surface area (Å²) in [6.45, 7) is 2.25. The molecule has 0 radical (unpaired) electrons. The Kier molecular flexibility index (Phi) is 6.32. The molecule has 178 valence electrons. The minimum absolute atomic E-state index is 0.0482. The van der Waals surface area contributed by atoms with Gasteiger partial charge in [-0.1, -0.05) is 0 Å². The van der Waals surface area contributed by atoms with Crippen molar-refractivity contribution in [2.75, 3.05) is 27.2 Å². The number of ether oxygens (including phenoxy) is 1. The molecule has 3 aromatic rings. The van der Waals surface area contributed by atoms with Crippen molar-refractivity contribution < 1.29 is 27.9 Å². The van der Waals surface area contributed by atoms with Crippen LogP contribution in [0, 0.1) is 24.5 Å². The van der Waals surface area contributed by atoms with Crippen LogP contribution in [0.15, 0.2) is 30.5 Å². The maximum absolute atomic E-state index is 15.1. The number of nitrogens with one attached hydrogen (secondary N) is 1. The number of ketones is 1. The average molecular weight is 470 g/mol. The molecule has 1 fully saturated rings. The first-order valence-electron chi connectivity index (χ1n) is 10.8. The minimum Gasteiger partial charge on any atom is -0.453 e. The average Bonchev–Trinajstić information content (AvgIpc) is 3.15. The molecule has 8 nitrogen and oxygen atoms in total. The first kappa shape index (κ1) is 23.3. The predicted molar refractivity (Wildman–Crippen MR) is 119 cm³/mol.